The maximum absolute atomic E-state index is 10.9. The van der Waals surface area contributed by atoms with E-state index in [0.717, 1.165) is 5.56 Å². The molecule has 0 radical (unpaired) electrons. The predicted octanol–water partition coefficient (Wildman–Crippen LogP) is 2.81. The lowest BCUT2D eigenvalue weighted by atomic mass is 10.2. The molecule has 0 aliphatic rings. The van der Waals surface area contributed by atoms with Crippen molar-refractivity contribution in [1.82, 2.24) is 0 Å². The second-order valence-electron chi connectivity index (χ2n) is 2.86. The Hall–Kier alpha value is -1.72. The summed E-state index contributed by atoms with van der Waals surface area (Å²) >= 11 is 5.73. The van der Waals surface area contributed by atoms with Crippen LogP contribution in [0.1, 0.15) is 12.5 Å². The zero-order valence-corrected chi connectivity index (χ0v) is 9.62. The number of carbonyl (C=O) groups excluding carboxylic acids is 1. The molecule has 1 aromatic rings. The van der Waals surface area contributed by atoms with Crippen LogP contribution in [0.3, 0.4) is 0 Å². The standard InChI is InChI=1S/C13H11ClO2/c1-2-16-13(15)6-4-3-5-11-7-9-12(14)10-8-11/h4,6-10H,2H2,1H3/b6-4-. The van der Waals surface area contributed by atoms with Gasteiger partial charge in [0.25, 0.3) is 0 Å². The fourth-order valence-electron chi connectivity index (χ4n) is 0.958. The van der Waals surface area contributed by atoms with Gasteiger partial charge in [0.2, 0.25) is 0 Å². The van der Waals surface area contributed by atoms with Crippen molar-refractivity contribution < 1.29 is 9.53 Å². The summed E-state index contributed by atoms with van der Waals surface area (Å²) in [5, 5.41) is 0.674. The summed E-state index contributed by atoms with van der Waals surface area (Å²) in [4.78, 5) is 10.9. The molecule has 16 heavy (non-hydrogen) atoms. The first kappa shape index (κ1) is 12.4. The molecular weight excluding hydrogens is 224 g/mol. The molecule has 0 atom stereocenters. The van der Waals surface area contributed by atoms with E-state index in [4.69, 9.17) is 16.3 Å². The monoisotopic (exact) mass is 234 g/mol. The third-order valence-electron chi connectivity index (χ3n) is 1.65. The van der Waals surface area contributed by atoms with Gasteiger partial charge in [-0.1, -0.05) is 23.4 Å². The van der Waals surface area contributed by atoms with Crippen LogP contribution in [0.2, 0.25) is 5.02 Å². The van der Waals surface area contributed by atoms with E-state index in [1.165, 1.54) is 12.2 Å². The van der Waals surface area contributed by atoms with Crippen LogP contribution in [-0.2, 0) is 9.53 Å². The lowest BCUT2D eigenvalue weighted by Crippen LogP contribution is -1.98. The Bertz CT molecular complexity index is 435. The number of hydrogen-bond acceptors (Lipinski definition) is 2. The average Bonchev–Trinajstić information content (AvgIpc) is 2.27. The number of rotatable bonds is 2. The van der Waals surface area contributed by atoms with Crippen molar-refractivity contribution in [3.8, 4) is 11.8 Å². The maximum Gasteiger partial charge on any atom is 0.331 e. The molecular formula is C13H11ClO2. The highest BCUT2D eigenvalue weighted by molar-refractivity contribution is 6.30. The van der Waals surface area contributed by atoms with E-state index in [2.05, 4.69) is 11.8 Å². The smallest absolute Gasteiger partial charge is 0.331 e. The molecule has 82 valence electrons. The van der Waals surface area contributed by atoms with E-state index < -0.39 is 0 Å². The Morgan fingerprint density at radius 3 is 2.75 bits per heavy atom. The molecule has 0 saturated heterocycles. The Morgan fingerprint density at radius 1 is 1.44 bits per heavy atom. The average molecular weight is 235 g/mol. The fraction of sp³-hybridized carbons (Fsp3) is 0.154. The Balaban J connectivity index is 2.55. The molecule has 0 spiro atoms. The van der Waals surface area contributed by atoms with Gasteiger partial charge in [-0.15, -0.1) is 0 Å². The van der Waals surface area contributed by atoms with Crippen molar-refractivity contribution in [3.63, 3.8) is 0 Å². The van der Waals surface area contributed by atoms with E-state index >= 15 is 0 Å². The van der Waals surface area contributed by atoms with Crippen molar-refractivity contribution >= 4 is 17.6 Å². The molecule has 2 nitrogen and oxygen atoms in total. The van der Waals surface area contributed by atoms with Crippen LogP contribution < -0.4 is 0 Å². The second kappa shape index (κ2) is 6.71. The van der Waals surface area contributed by atoms with Crippen molar-refractivity contribution in [1.29, 1.82) is 0 Å². The molecule has 0 fully saturated rings. The SMILES string of the molecule is CCOC(=O)/C=C\C#Cc1ccc(Cl)cc1. The van der Waals surface area contributed by atoms with Gasteiger partial charge in [0.15, 0.2) is 0 Å². The first-order chi connectivity index (χ1) is 7.72. The molecule has 1 rings (SSSR count). The number of hydrogen-bond donors (Lipinski definition) is 0. The van der Waals surface area contributed by atoms with Gasteiger partial charge < -0.3 is 4.74 Å². The topological polar surface area (TPSA) is 26.3 Å². The number of halogens is 1. The third-order valence-corrected chi connectivity index (χ3v) is 1.90. The van der Waals surface area contributed by atoms with Gasteiger partial charge in [-0.05, 0) is 37.3 Å². The van der Waals surface area contributed by atoms with Gasteiger partial charge in [0.1, 0.15) is 0 Å². The molecule has 0 amide bonds. The third kappa shape index (κ3) is 4.68. The Morgan fingerprint density at radius 2 is 2.12 bits per heavy atom. The van der Waals surface area contributed by atoms with E-state index in [1.54, 1.807) is 19.1 Å². The normalized spacial score (nSPS) is 9.62. The van der Waals surface area contributed by atoms with Crippen molar-refractivity contribution in [2.24, 2.45) is 0 Å². The molecule has 0 heterocycles. The molecule has 1 aromatic carbocycles. The van der Waals surface area contributed by atoms with Crippen molar-refractivity contribution in [2.75, 3.05) is 6.61 Å². The van der Waals surface area contributed by atoms with E-state index in [0.29, 0.717) is 11.6 Å². The van der Waals surface area contributed by atoms with Crippen LogP contribution in [0.15, 0.2) is 36.4 Å². The second-order valence-corrected chi connectivity index (χ2v) is 3.30. The summed E-state index contributed by atoms with van der Waals surface area (Å²) in [6.45, 7) is 2.12. The van der Waals surface area contributed by atoms with Gasteiger partial charge in [0.05, 0.1) is 6.61 Å². The van der Waals surface area contributed by atoms with Crippen LogP contribution in [0.25, 0.3) is 0 Å². The molecule has 0 aliphatic heterocycles. The summed E-state index contributed by atoms with van der Waals surface area (Å²) in [6.07, 6.45) is 2.76. The minimum absolute atomic E-state index is 0.369. The first-order valence-electron chi connectivity index (χ1n) is 4.83. The minimum Gasteiger partial charge on any atom is -0.463 e. The van der Waals surface area contributed by atoms with Gasteiger partial charge in [-0.2, -0.15) is 0 Å². The maximum atomic E-state index is 10.9. The van der Waals surface area contributed by atoms with Crippen LogP contribution in [0, 0.1) is 11.8 Å². The molecule has 0 bridgehead atoms. The largest absolute Gasteiger partial charge is 0.463 e. The first-order valence-corrected chi connectivity index (χ1v) is 5.20. The summed E-state index contributed by atoms with van der Waals surface area (Å²) < 4.78 is 4.70. The number of allylic oxidation sites excluding steroid dienone is 1. The number of benzene rings is 1. The highest BCUT2D eigenvalue weighted by Crippen LogP contribution is 2.08. The van der Waals surface area contributed by atoms with Crippen molar-refractivity contribution in [2.45, 2.75) is 6.92 Å². The summed E-state index contributed by atoms with van der Waals surface area (Å²) in [5.74, 6) is 5.22. The molecule has 0 aliphatic carbocycles. The molecule has 0 unspecified atom stereocenters. The summed E-state index contributed by atoms with van der Waals surface area (Å²) in [5.41, 5.74) is 0.845. The highest BCUT2D eigenvalue weighted by Gasteiger charge is 1.90. The number of esters is 1. The zero-order chi connectivity index (χ0) is 11.8. The molecule has 0 saturated carbocycles. The number of carbonyl (C=O) groups is 1. The van der Waals surface area contributed by atoms with Gasteiger partial charge in [0, 0.05) is 16.7 Å². The van der Waals surface area contributed by atoms with Crippen LogP contribution >= 0.6 is 11.6 Å². The van der Waals surface area contributed by atoms with E-state index in [1.807, 2.05) is 12.1 Å². The van der Waals surface area contributed by atoms with Crippen LogP contribution in [0.5, 0.6) is 0 Å². The zero-order valence-electron chi connectivity index (χ0n) is 8.87. The molecule has 0 N–H and O–H groups in total. The van der Waals surface area contributed by atoms with Crippen LogP contribution in [0.4, 0.5) is 0 Å². The lowest BCUT2D eigenvalue weighted by molar-refractivity contribution is -0.137. The Kier molecular flexibility index (Phi) is 5.18. The predicted molar refractivity (Wildman–Crippen MR) is 64.1 cm³/mol. The molecule has 3 heteroatoms. The molecule has 0 aromatic heterocycles. The quantitative estimate of drug-likeness (QED) is 0.447. The minimum atomic E-state index is -0.382. The fourth-order valence-corrected chi connectivity index (χ4v) is 1.08. The van der Waals surface area contributed by atoms with Crippen molar-refractivity contribution in [3.05, 3.63) is 47.0 Å². The van der Waals surface area contributed by atoms with Crippen LogP contribution in [-0.4, -0.2) is 12.6 Å². The number of ether oxygens (including phenoxy) is 1. The van der Waals surface area contributed by atoms with E-state index in [9.17, 15) is 4.79 Å². The lowest BCUT2D eigenvalue weighted by Gasteiger charge is -1.92. The van der Waals surface area contributed by atoms with Gasteiger partial charge in [-0.25, -0.2) is 4.79 Å². The summed E-state index contributed by atoms with van der Waals surface area (Å²) in [7, 11) is 0. The van der Waals surface area contributed by atoms with E-state index in [-0.39, 0.29) is 5.97 Å². The highest BCUT2D eigenvalue weighted by atomic mass is 35.5. The Labute approximate surface area is 99.9 Å². The summed E-state index contributed by atoms with van der Waals surface area (Å²) in [6, 6.07) is 7.16. The van der Waals surface area contributed by atoms with Gasteiger partial charge in [-0.3, -0.25) is 0 Å². The van der Waals surface area contributed by atoms with Gasteiger partial charge >= 0.3 is 5.97 Å².